The molecule has 2 atom stereocenters. The van der Waals surface area contributed by atoms with E-state index in [0.29, 0.717) is 17.7 Å². The molecular weight excluding hydrogens is 512 g/mol. The van der Waals surface area contributed by atoms with Crippen LogP contribution in [0.4, 0.5) is 22.7 Å². The van der Waals surface area contributed by atoms with Crippen molar-refractivity contribution in [3.8, 4) is 11.3 Å². The summed E-state index contributed by atoms with van der Waals surface area (Å²) >= 11 is 1.67. The highest BCUT2D eigenvalue weighted by molar-refractivity contribution is 7.22. The highest BCUT2D eigenvalue weighted by Gasteiger charge is 2.38. The number of halogens is 4. The van der Waals surface area contributed by atoms with E-state index in [2.05, 4.69) is 40.8 Å². The maximum Gasteiger partial charge on any atom is 0.490 e. The lowest BCUT2D eigenvalue weighted by Gasteiger charge is -2.39. The van der Waals surface area contributed by atoms with E-state index in [4.69, 9.17) is 14.9 Å². The van der Waals surface area contributed by atoms with Crippen molar-refractivity contribution < 1.29 is 27.5 Å². The third-order valence-corrected chi connectivity index (χ3v) is 7.57. The van der Waals surface area contributed by atoms with Crippen molar-refractivity contribution in [1.82, 2.24) is 24.3 Å². The smallest absolute Gasteiger partial charge is 0.475 e. The third kappa shape index (κ3) is 5.82. The molecule has 1 aliphatic rings. The Morgan fingerprint density at radius 1 is 1.24 bits per heavy atom. The van der Waals surface area contributed by atoms with Gasteiger partial charge in [-0.3, -0.25) is 4.98 Å². The molecule has 0 amide bonds. The number of aryl methyl sites for hydroxylation is 1. The lowest BCUT2D eigenvalue weighted by Crippen LogP contribution is -2.46. The van der Waals surface area contributed by atoms with Crippen molar-refractivity contribution in [2.24, 2.45) is 0 Å². The Labute approximate surface area is 214 Å². The minimum Gasteiger partial charge on any atom is -0.475 e. The van der Waals surface area contributed by atoms with Gasteiger partial charge < -0.3 is 19.3 Å². The van der Waals surface area contributed by atoms with Crippen molar-refractivity contribution in [2.45, 2.75) is 44.9 Å². The molecule has 1 fully saturated rings. The second-order valence-electron chi connectivity index (χ2n) is 9.15. The van der Waals surface area contributed by atoms with Crippen LogP contribution >= 0.6 is 11.3 Å². The summed E-state index contributed by atoms with van der Waals surface area (Å²) in [6.45, 7) is 5.25. The van der Waals surface area contributed by atoms with Crippen molar-refractivity contribution >= 4 is 38.3 Å². The summed E-state index contributed by atoms with van der Waals surface area (Å²) in [5, 5.41) is 8.14. The lowest BCUT2D eigenvalue weighted by atomic mass is 9.98. The molecule has 37 heavy (non-hydrogen) atoms. The van der Waals surface area contributed by atoms with E-state index >= 15 is 0 Å². The average Bonchev–Trinajstić information content (AvgIpc) is 3.42. The number of rotatable bonds is 3. The van der Waals surface area contributed by atoms with Gasteiger partial charge >= 0.3 is 12.1 Å². The van der Waals surface area contributed by atoms with Crippen molar-refractivity contribution in [1.29, 1.82) is 0 Å². The summed E-state index contributed by atoms with van der Waals surface area (Å²) in [5.41, 5.74) is 3.47. The molecule has 0 spiro atoms. The number of carboxylic acids is 1. The predicted molar refractivity (Wildman–Crippen MR) is 134 cm³/mol. The van der Waals surface area contributed by atoms with Gasteiger partial charge in [0.25, 0.3) is 0 Å². The van der Waals surface area contributed by atoms with Crippen molar-refractivity contribution in [2.75, 3.05) is 25.5 Å². The SMILES string of the molecule is Cc1cn2cc(-c3cc4sc(N(C)C5CCN(C)C(C)C5)nc4cn3)cc(F)c2n1.O=C(O)C(F)(F)F. The van der Waals surface area contributed by atoms with Crippen molar-refractivity contribution in [3.63, 3.8) is 0 Å². The first-order valence-electron chi connectivity index (χ1n) is 11.5. The number of likely N-dealkylation sites (tertiary alicyclic amines) is 1. The standard InChI is InChI=1S/C22H25FN6S.C2HF3O2/c1-13-11-29-12-15(8-17(23)21(29)25-13)18-9-20-19(10-24-18)26-22(30-20)28(4)16-5-6-27(3)14(2)7-16;3-2(4,5)1(6)7/h8-12,14,16H,5-7H2,1-4H3;(H,6,7). The van der Waals surface area contributed by atoms with Crippen LogP contribution in [-0.4, -0.2) is 74.2 Å². The monoisotopic (exact) mass is 538 g/mol. The minimum atomic E-state index is -5.08. The molecular formula is C24H26F4N6O2S. The second kappa shape index (κ2) is 10.2. The van der Waals surface area contributed by atoms with Gasteiger partial charge in [-0.25, -0.2) is 19.2 Å². The van der Waals surface area contributed by atoms with Crippen LogP contribution in [0.3, 0.4) is 0 Å². The number of aromatic nitrogens is 4. The molecule has 4 aromatic heterocycles. The predicted octanol–water partition coefficient (Wildman–Crippen LogP) is 5.01. The van der Waals surface area contributed by atoms with E-state index in [1.807, 2.05) is 25.4 Å². The first-order valence-corrected chi connectivity index (χ1v) is 12.3. The molecule has 0 radical (unpaired) electrons. The first kappa shape index (κ1) is 26.7. The van der Waals surface area contributed by atoms with Gasteiger partial charge in [-0.2, -0.15) is 13.2 Å². The molecule has 5 heterocycles. The van der Waals surface area contributed by atoms with Crippen molar-refractivity contribution in [3.05, 3.63) is 42.2 Å². The zero-order chi connectivity index (χ0) is 27.1. The van der Waals surface area contributed by atoms with E-state index in [1.165, 1.54) is 6.07 Å². The Kier molecular flexibility index (Phi) is 7.38. The quantitative estimate of drug-likeness (QED) is 0.367. The summed E-state index contributed by atoms with van der Waals surface area (Å²) < 4.78 is 49.0. The number of anilines is 1. The van der Waals surface area contributed by atoms with E-state index in [-0.39, 0.29) is 5.82 Å². The van der Waals surface area contributed by atoms with E-state index in [1.54, 1.807) is 21.9 Å². The molecule has 1 saturated heterocycles. The summed E-state index contributed by atoms with van der Waals surface area (Å²) in [5.74, 6) is -3.10. The fraction of sp³-hybridized carbons (Fsp3) is 0.417. The molecule has 1 N–H and O–H groups in total. The van der Waals surface area contributed by atoms with Crippen LogP contribution in [0.2, 0.25) is 0 Å². The second-order valence-corrected chi connectivity index (χ2v) is 10.2. The Morgan fingerprint density at radius 2 is 1.95 bits per heavy atom. The van der Waals surface area contributed by atoms with E-state index in [0.717, 1.165) is 51.7 Å². The number of imidazole rings is 1. The van der Waals surface area contributed by atoms with Gasteiger partial charge in [0, 0.05) is 43.6 Å². The number of hydrogen-bond donors (Lipinski definition) is 1. The van der Waals surface area contributed by atoms with Crippen LogP contribution in [0.1, 0.15) is 25.5 Å². The Morgan fingerprint density at radius 3 is 2.59 bits per heavy atom. The number of alkyl halides is 3. The lowest BCUT2D eigenvalue weighted by molar-refractivity contribution is -0.192. The molecule has 2 unspecified atom stereocenters. The average molecular weight is 539 g/mol. The highest BCUT2D eigenvalue weighted by atomic mass is 32.1. The van der Waals surface area contributed by atoms with Crippen LogP contribution in [0.5, 0.6) is 0 Å². The number of hydrogen-bond acceptors (Lipinski definition) is 7. The summed E-state index contributed by atoms with van der Waals surface area (Å²) in [4.78, 5) is 27.2. The number of piperidine rings is 1. The number of thiazole rings is 1. The van der Waals surface area contributed by atoms with Crippen LogP contribution in [0.15, 0.2) is 30.7 Å². The molecule has 1 aliphatic heterocycles. The van der Waals surface area contributed by atoms with Crippen LogP contribution in [0.25, 0.3) is 27.1 Å². The third-order valence-electron chi connectivity index (χ3n) is 6.46. The molecule has 0 aromatic carbocycles. The first-order chi connectivity index (χ1) is 17.3. The highest BCUT2D eigenvalue weighted by Crippen LogP contribution is 2.33. The number of aliphatic carboxylic acids is 1. The number of carbonyl (C=O) groups is 1. The Balaban J connectivity index is 0.000000405. The summed E-state index contributed by atoms with van der Waals surface area (Å²) in [6, 6.07) is 4.58. The number of nitrogens with zero attached hydrogens (tertiary/aromatic N) is 6. The van der Waals surface area contributed by atoms with Gasteiger partial charge in [0.15, 0.2) is 16.6 Å². The van der Waals surface area contributed by atoms with E-state index in [9.17, 15) is 17.6 Å². The number of carboxylic acid groups (broad SMARTS) is 1. The zero-order valence-electron chi connectivity index (χ0n) is 20.6. The normalized spacial score (nSPS) is 18.6. The zero-order valence-corrected chi connectivity index (χ0v) is 21.4. The molecule has 198 valence electrons. The van der Waals surface area contributed by atoms with Gasteiger partial charge in [0.1, 0.15) is 5.52 Å². The largest absolute Gasteiger partial charge is 0.490 e. The Bertz CT molecular complexity index is 1440. The van der Waals surface area contributed by atoms with Gasteiger partial charge in [-0.1, -0.05) is 11.3 Å². The molecule has 0 saturated carbocycles. The molecule has 8 nitrogen and oxygen atoms in total. The van der Waals surface area contributed by atoms with Crippen LogP contribution in [0, 0.1) is 12.7 Å². The molecule has 4 aromatic rings. The molecule has 0 bridgehead atoms. The van der Waals surface area contributed by atoms with Crippen LogP contribution < -0.4 is 4.90 Å². The minimum absolute atomic E-state index is 0.339. The summed E-state index contributed by atoms with van der Waals surface area (Å²) in [7, 11) is 4.33. The maximum absolute atomic E-state index is 14.5. The van der Waals surface area contributed by atoms with Gasteiger partial charge in [-0.15, -0.1) is 0 Å². The van der Waals surface area contributed by atoms with Gasteiger partial charge in [-0.05, 0) is 45.9 Å². The number of pyridine rings is 2. The number of fused-ring (bicyclic) bond motifs is 2. The van der Waals surface area contributed by atoms with Gasteiger partial charge in [0.2, 0.25) is 0 Å². The fourth-order valence-electron chi connectivity index (χ4n) is 4.22. The maximum atomic E-state index is 14.5. The topological polar surface area (TPSA) is 86.9 Å². The van der Waals surface area contributed by atoms with Crippen LogP contribution in [-0.2, 0) is 4.79 Å². The van der Waals surface area contributed by atoms with Gasteiger partial charge in [0.05, 0.1) is 22.3 Å². The molecule has 0 aliphatic carbocycles. The summed E-state index contributed by atoms with van der Waals surface area (Å²) in [6.07, 6.45) is 2.68. The molecule has 5 rings (SSSR count). The molecule has 13 heteroatoms. The Hall–Kier alpha value is -3.32. The van der Waals surface area contributed by atoms with E-state index < -0.39 is 12.1 Å². The fourth-order valence-corrected chi connectivity index (χ4v) is 5.23.